The van der Waals surface area contributed by atoms with Gasteiger partial charge in [0.1, 0.15) is 5.52 Å². The fourth-order valence-corrected chi connectivity index (χ4v) is 3.18. The molecule has 0 spiro atoms. The second-order valence-corrected chi connectivity index (χ2v) is 6.36. The summed E-state index contributed by atoms with van der Waals surface area (Å²) in [4.78, 5) is 16.3. The number of carbonyl (C=O) groups is 1. The number of anilines is 1. The average molecular weight is 326 g/mol. The first kappa shape index (κ1) is 15.6. The number of amides is 1. The Hall–Kier alpha value is -2.27. The molecule has 0 saturated carbocycles. The minimum absolute atomic E-state index is 0.0186. The molecule has 0 aliphatic heterocycles. The van der Waals surface area contributed by atoms with E-state index in [-0.39, 0.29) is 5.91 Å². The van der Waals surface area contributed by atoms with Gasteiger partial charge in [0.15, 0.2) is 11.5 Å². The van der Waals surface area contributed by atoms with Gasteiger partial charge in [-0.3, -0.25) is 4.79 Å². The Balaban J connectivity index is 1.46. The van der Waals surface area contributed by atoms with Gasteiger partial charge in [0.05, 0.1) is 0 Å². The molecule has 0 bridgehead atoms. The molecule has 1 heterocycles. The molecule has 0 atom stereocenters. The monoisotopic (exact) mass is 326 g/mol. The summed E-state index contributed by atoms with van der Waals surface area (Å²) < 4.78 is 5.42. The Kier molecular flexibility index (Phi) is 4.98. The molecule has 3 aromatic rings. The SMILES string of the molecule is Cc1nc2cc(NC(=O)CCSCc3ccccc3)ccc2o1. The number of carbonyl (C=O) groups excluding carboxylic acids is 1. The largest absolute Gasteiger partial charge is 0.441 e. The van der Waals surface area contributed by atoms with Gasteiger partial charge in [0, 0.05) is 30.5 Å². The molecule has 0 fully saturated rings. The molecule has 118 valence electrons. The zero-order valence-corrected chi connectivity index (χ0v) is 13.7. The third-order valence-corrected chi connectivity index (χ3v) is 4.39. The van der Waals surface area contributed by atoms with Gasteiger partial charge < -0.3 is 9.73 Å². The molecule has 5 heteroatoms. The molecule has 0 unspecified atom stereocenters. The number of oxazole rings is 1. The van der Waals surface area contributed by atoms with Gasteiger partial charge in [0.25, 0.3) is 0 Å². The zero-order valence-electron chi connectivity index (χ0n) is 12.9. The average Bonchev–Trinajstić information content (AvgIpc) is 2.92. The van der Waals surface area contributed by atoms with Crippen LogP contribution in [0.25, 0.3) is 11.1 Å². The van der Waals surface area contributed by atoms with E-state index in [1.165, 1.54) is 5.56 Å². The lowest BCUT2D eigenvalue weighted by atomic mass is 10.2. The minimum atomic E-state index is 0.0186. The Labute approximate surface area is 139 Å². The van der Waals surface area contributed by atoms with Crippen LogP contribution in [0.3, 0.4) is 0 Å². The molecule has 23 heavy (non-hydrogen) atoms. The van der Waals surface area contributed by atoms with E-state index in [1.54, 1.807) is 11.8 Å². The van der Waals surface area contributed by atoms with E-state index in [2.05, 4.69) is 22.4 Å². The van der Waals surface area contributed by atoms with Crippen molar-refractivity contribution in [2.75, 3.05) is 11.1 Å². The van der Waals surface area contributed by atoms with E-state index in [0.29, 0.717) is 12.3 Å². The Bertz CT molecular complexity index is 799. The zero-order chi connectivity index (χ0) is 16.1. The van der Waals surface area contributed by atoms with Crippen LogP contribution in [0.4, 0.5) is 5.69 Å². The quantitative estimate of drug-likeness (QED) is 0.682. The fourth-order valence-electron chi connectivity index (χ4n) is 2.27. The maximum atomic E-state index is 12.0. The van der Waals surface area contributed by atoms with Crippen molar-refractivity contribution >= 4 is 34.5 Å². The van der Waals surface area contributed by atoms with E-state index >= 15 is 0 Å². The summed E-state index contributed by atoms with van der Waals surface area (Å²) >= 11 is 1.76. The molecule has 0 saturated heterocycles. The predicted molar refractivity (Wildman–Crippen MR) is 94.6 cm³/mol. The van der Waals surface area contributed by atoms with Crippen molar-refractivity contribution in [1.29, 1.82) is 0 Å². The van der Waals surface area contributed by atoms with Gasteiger partial charge >= 0.3 is 0 Å². The Morgan fingerprint density at radius 1 is 1.22 bits per heavy atom. The molecule has 3 rings (SSSR count). The molecule has 2 aromatic carbocycles. The van der Waals surface area contributed by atoms with Crippen LogP contribution in [-0.4, -0.2) is 16.6 Å². The van der Waals surface area contributed by atoms with Crippen LogP contribution in [-0.2, 0) is 10.5 Å². The number of fused-ring (bicyclic) bond motifs is 1. The first-order valence-corrected chi connectivity index (χ1v) is 8.65. The first-order chi connectivity index (χ1) is 11.2. The van der Waals surface area contributed by atoms with Crippen molar-refractivity contribution in [3.8, 4) is 0 Å². The smallest absolute Gasteiger partial charge is 0.225 e. The molecular weight excluding hydrogens is 308 g/mol. The second kappa shape index (κ2) is 7.33. The summed E-state index contributed by atoms with van der Waals surface area (Å²) in [5, 5.41) is 2.91. The van der Waals surface area contributed by atoms with E-state index in [1.807, 2.05) is 43.3 Å². The third-order valence-electron chi connectivity index (χ3n) is 3.36. The summed E-state index contributed by atoms with van der Waals surface area (Å²) in [5.74, 6) is 2.37. The van der Waals surface area contributed by atoms with Gasteiger partial charge in [-0.1, -0.05) is 30.3 Å². The van der Waals surface area contributed by atoms with Crippen LogP contribution >= 0.6 is 11.8 Å². The van der Waals surface area contributed by atoms with E-state index in [9.17, 15) is 4.79 Å². The maximum Gasteiger partial charge on any atom is 0.225 e. The van der Waals surface area contributed by atoms with Crippen molar-refractivity contribution in [2.45, 2.75) is 19.1 Å². The van der Waals surface area contributed by atoms with Crippen molar-refractivity contribution in [2.24, 2.45) is 0 Å². The van der Waals surface area contributed by atoms with Crippen LogP contribution in [0.5, 0.6) is 0 Å². The van der Waals surface area contributed by atoms with Crippen molar-refractivity contribution in [3.63, 3.8) is 0 Å². The second-order valence-electron chi connectivity index (χ2n) is 5.25. The van der Waals surface area contributed by atoms with E-state index in [0.717, 1.165) is 28.3 Å². The van der Waals surface area contributed by atoms with Crippen molar-refractivity contribution in [1.82, 2.24) is 4.98 Å². The first-order valence-electron chi connectivity index (χ1n) is 7.49. The van der Waals surface area contributed by atoms with Gasteiger partial charge in [-0.2, -0.15) is 11.8 Å². The topological polar surface area (TPSA) is 55.1 Å². The van der Waals surface area contributed by atoms with Crippen molar-refractivity contribution in [3.05, 3.63) is 60.0 Å². The molecule has 0 radical (unpaired) electrons. The van der Waals surface area contributed by atoms with Gasteiger partial charge in [-0.15, -0.1) is 0 Å². The third kappa shape index (κ3) is 4.36. The lowest BCUT2D eigenvalue weighted by molar-refractivity contribution is -0.115. The molecule has 1 N–H and O–H groups in total. The van der Waals surface area contributed by atoms with Crippen LogP contribution in [0.1, 0.15) is 17.9 Å². The summed E-state index contributed by atoms with van der Waals surface area (Å²) in [7, 11) is 0. The highest BCUT2D eigenvalue weighted by Gasteiger charge is 2.06. The number of aryl methyl sites for hydroxylation is 1. The van der Waals surface area contributed by atoms with Gasteiger partial charge in [-0.05, 0) is 23.8 Å². The van der Waals surface area contributed by atoms with Crippen LogP contribution in [0, 0.1) is 6.92 Å². The van der Waals surface area contributed by atoms with Crippen LogP contribution in [0.2, 0.25) is 0 Å². The minimum Gasteiger partial charge on any atom is -0.441 e. The predicted octanol–water partition coefficient (Wildman–Crippen LogP) is 4.40. The number of hydrogen-bond acceptors (Lipinski definition) is 4. The van der Waals surface area contributed by atoms with Gasteiger partial charge in [0.2, 0.25) is 5.91 Å². The number of thioether (sulfide) groups is 1. The molecule has 1 amide bonds. The molecule has 4 nitrogen and oxygen atoms in total. The van der Waals surface area contributed by atoms with Crippen molar-refractivity contribution < 1.29 is 9.21 Å². The molecular formula is C18H18N2O2S. The fraction of sp³-hybridized carbons (Fsp3) is 0.222. The Morgan fingerprint density at radius 2 is 2.04 bits per heavy atom. The van der Waals surface area contributed by atoms with Crippen LogP contribution in [0.15, 0.2) is 52.9 Å². The maximum absolute atomic E-state index is 12.0. The number of nitrogens with one attached hydrogen (secondary N) is 1. The van der Waals surface area contributed by atoms with E-state index < -0.39 is 0 Å². The molecule has 0 aliphatic rings. The summed E-state index contributed by atoms with van der Waals surface area (Å²) in [6, 6.07) is 15.8. The number of hydrogen-bond donors (Lipinski definition) is 1. The number of rotatable bonds is 6. The normalized spacial score (nSPS) is 10.8. The summed E-state index contributed by atoms with van der Waals surface area (Å²) in [6.07, 6.45) is 0.493. The highest BCUT2D eigenvalue weighted by Crippen LogP contribution is 2.20. The van der Waals surface area contributed by atoms with Crippen LogP contribution < -0.4 is 5.32 Å². The highest BCUT2D eigenvalue weighted by molar-refractivity contribution is 7.98. The summed E-state index contributed by atoms with van der Waals surface area (Å²) in [6.45, 7) is 1.81. The lowest BCUT2D eigenvalue weighted by Crippen LogP contribution is -2.12. The number of nitrogens with zero attached hydrogens (tertiary/aromatic N) is 1. The standard InChI is InChI=1S/C18H18N2O2S/c1-13-19-16-11-15(7-8-17(16)22-13)20-18(21)9-10-23-12-14-5-3-2-4-6-14/h2-8,11H,9-10,12H2,1H3,(H,20,21). The number of aromatic nitrogens is 1. The molecule has 1 aromatic heterocycles. The Morgan fingerprint density at radius 3 is 2.87 bits per heavy atom. The highest BCUT2D eigenvalue weighted by atomic mass is 32.2. The van der Waals surface area contributed by atoms with E-state index in [4.69, 9.17) is 4.42 Å². The van der Waals surface area contributed by atoms with Gasteiger partial charge in [-0.25, -0.2) is 4.98 Å². The lowest BCUT2D eigenvalue weighted by Gasteiger charge is -2.05. The molecule has 0 aliphatic carbocycles. The number of benzene rings is 2. The summed E-state index contributed by atoms with van der Waals surface area (Å²) in [5.41, 5.74) is 3.53.